The van der Waals surface area contributed by atoms with Crippen molar-refractivity contribution in [3.8, 4) is 0 Å². The van der Waals surface area contributed by atoms with Gasteiger partial charge in [-0.3, -0.25) is 9.59 Å². The summed E-state index contributed by atoms with van der Waals surface area (Å²) in [6, 6.07) is 6.89. The van der Waals surface area contributed by atoms with Gasteiger partial charge in [-0.25, -0.2) is 10.5 Å². The van der Waals surface area contributed by atoms with Crippen molar-refractivity contribution in [2.45, 2.75) is 37.7 Å². The van der Waals surface area contributed by atoms with Crippen LogP contribution in [0, 0.1) is 17.8 Å². The standard InChI is InChI=1S/C19H20N4O3/c24-17-14-4-2-1-3-13(14)16(21-22-17)18(25)23-20-15-11-5-10-6-12(15)9-19(26,7-10)8-11/h1-4,10-12,26H,5-9H2,(H,22,24)(H,23,25)/t10?,11-,12-,19?/m0/s1. The molecule has 3 N–H and O–H groups in total. The van der Waals surface area contributed by atoms with E-state index in [0.29, 0.717) is 16.7 Å². The molecule has 4 saturated carbocycles. The summed E-state index contributed by atoms with van der Waals surface area (Å²) in [6.07, 6.45) is 4.50. The summed E-state index contributed by atoms with van der Waals surface area (Å²) in [7, 11) is 0. The van der Waals surface area contributed by atoms with Crippen LogP contribution in [-0.4, -0.2) is 32.5 Å². The lowest BCUT2D eigenvalue weighted by atomic mass is 9.53. The van der Waals surface area contributed by atoms with Crippen LogP contribution < -0.4 is 11.0 Å². The van der Waals surface area contributed by atoms with Crippen molar-refractivity contribution >= 4 is 22.4 Å². The minimum Gasteiger partial charge on any atom is -0.390 e. The van der Waals surface area contributed by atoms with Gasteiger partial charge in [0.2, 0.25) is 0 Å². The Labute approximate surface area is 149 Å². The van der Waals surface area contributed by atoms with Gasteiger partial charge in [0.15, 0.2) is 5.69 Å². The van der Waals surface area contributed by atoms with Gasteiger partial charge in [0.05, 0.1) is 11.0 Å². The average Bonchev–Trinajstić information content (AvgIpc) is 2.60. The maximum absolute atomic E-state index is 12.6. The normalized spacial score (nSPS) is 32.0. The topological polar surface area (TPSA) is 107 Å². The van der Waals surface area contributed by atoms with E-state index in [1.807, 2.05) is 0 Å². The Morgan fingerprint density at radius 3 is 2.58 bits per heavy atom. The van der Waals surface area contributed by atoms with Gasteiger partial charge in [-0.2, -0.15) is 10.2 Å². The van der Waals surface area contributed by atoms with E-state index in [9.17, 15) is 14.7 Å². The Kier molecular flexibility index (Phi) is 3.31. The molecule has 1 aromatic carbocycles. The highest BCUT2D eigenvalue weighted by Crippen LogP contribution is 2.54. The highest BCUT2D eigenvalue weighted by atomic mass is 16.3. The molecule has 1 aromatic heterocycles. The Morgan fingerprint density at radius 2 is 1.88 bits per heavy atom. The first kappa shape index (κ1) is 15.7. The first-order valence-electron chi connectivity index (χ1n) is 9.10. The molecule has 26 heavy (non-hydrogen) atoms. The zero-order chi connectivity index (χ0) is 17.9. The second-order valence-electron chi connectivity index (χ2n) is 7.99. The van der Waals surface area contributed by atoms with Crippen molar-refractivity contribution in [1.29, 1.82) is 0 Å². The number of fused-ring (bicyclic) bond motifs is 1. The molecular weight excluding hydrogens is 332 g/mol. The fourth-order valence-electron chi connectivity index (χ4n) is 5.36. The molecule has 6 rings (SSSR count). The molecule has 0 radical (unpaired) electrons. The van der Waals surface area contributed by atoms with Gasteiger partial charge < -0.3 is 5.11 Å². The van der Waals surface area contributed by atoms with Crippen molar-refractivity contribution in [2.75, 3.05) is 0 Å². The van der Waals surface area contributed by atoms with Gasteiger partial charge in [0.25, 0.3) is 11.5 Å². The summed E-state index contributed by atoms with van der Waals surface area (Å²) < 4.78 is 0. The second-order valence-corrected chi connectivity index (χ2v) is 7.99. The minimum atomic E-state index is -0.532. The van der Waals surface area contributed by atoms with E-state index < -0.39 is 11.5 Å². The van der Waals surface area contributed by atoms with Crippen molar-refractivity contribution in [3.63, 3.8) is 0 Å². The fraction of sp³-hybridized carbons (Fsp3) is 0.474. The van der Waals surface area contributed by atoms with Crippen LogP contribution >= 0.6 is 0 Å². The lowest BCUT2D eigenvalue weighted by Gasteiger charge is -2.54. The van der Waals surface area contributed by atoms with Gasteiger partial charge in [-0.05, 0) is 44.1 Å². The fourth-order valence-corrected chi connectivity index (χ4v) is 5.36. The summed E-state index contributed by atoms with van der Waals surface area (Å²) >= 11 is 0. The van der Waals surface area contributed by atoms with E-state index in [1.165, 1.54) is 0 Å². The Balaban J connectivity index is 1.43. The van der Waals surface area contributed by atoms with Crippen LogP contribution in [0.5, 0.6) is 0 Å². The third kappa shape index (κ3) is 2.38. The number of nitrogens with zero attached hydrogens (tertiary/aromatic N) is 2. The predicted octanol–water partition coefficient (Wildman–Crippen LogP) is 1.58. The van der Waals surface area contributed by atoms with Crippen LogP contribution in [0.4, 0.5) is 0 Å². The van der Waals surface area contributed by atoms with E-state index in [1.54, 1.807) is 24.3 Å². The lowest BCUT2D eigenvalue weighted by Crippen LogP contribution is -2.55. The summed E-state index contributed by atoms with van der Waals surface area (Å²) in [4.78, 5) is 24.5. The lowest BCUT2D eigenvalue weighted by molar-refractivity contribution is -0.0825. The molecule has 0 aliphatic heterocycles. The number of nitrogens with one attached hydrogen (secondary N) is 2. The van der Waals surface area contributed by atoms with E-state index in [-0.39, 0.29) is 23.1 Å². The zero-order valence-electron chi connectivity index (χ0n) is 14.2. The van der Waals surface area contributed by atoms with Crippen LogP contribution in [0.2, 0.25) is 0 Å². The number of hydrogen-bond acceptors (Lipinski definition) is 5. The van der Waals surface area contributed by atoms with E-state index in [0.717, 1.165) is 37.8 Å². The summed E-state index contributed by atoms with van der Waals surface area (Å²) in [6.45, 7) is 0. The molecule has 7 heteroatoms. The number of H-pyrrole nitrogens is 1. The van der Waals surface area contributed by atoms with Gasteiger partial charge in [0, 0.05) is 22.9 Å². The van der Waals surface area contributed by atoms with E-state index in [4.69, 9.17) is 0 Å². The molecule has 0 unspecified atom stereocenters. The highest BCUT2D eigenvalue weighted by Gasteiger charge is 2.53. The van der Waals surface area contributed by atoms with Crippen LogP contribution in [-0.2, 0) is 0 Å². The minimum absolute atomic E-state index is 0.159. The largest absolute Gasteiger partial charge is 0.390 e. The molecule has 4 fully saturated rings. The molecule has 4 aliphatic rings. The highest BCUT2D eigenvalue weighted by molar-refractivity contribution is 6.05. The number of hydrogen-bond donors (Lipinski definition) is 3. The van der Waals surface area contributed by atoms with Gasteiger partial charge in [-0.15, -0.1) is 0 Å². The monoisotopic (exact) mass is 352 g/mol. The maximum atomic E-state index is 12.6. The van der Waals surface area contributed by atoms with E-state index in [2.05, 4.69) is 20.7 Å². The number of hydrazone groups is 1. The molecule has 1 amide bonds. The molecule has 0 saturated heterocycles. The number of carbonyl (C=O) groups excluding carboxylic acids is 1. The maximum Gasteiger partial charge on any atom is 0.292 e. The number of aliphatic hydroxyl groups is 1. The Morgan fingerprint density at radius 1 is 1.19 bits per heavy atom. The quantitative estimate of drug-likeness (QED) is 0.713. The summed E-state index contributed by atoms with van der Waals surface area (Å²) in [5.41, 5.74) is 2.95. The molecule has 134 valence electrons. The van der Waals surface area contributed by atoms with Crippen molar-refractivity contribution in [1.82, 2.24) is 15.6 Å². The molecule has 4 aliphatic carbocycles. The number of carbonyl (C=O) groups is 1. The third-order valence-electron chi connectivity index (χ3n) is 6.19. The number of aromatic amines is 1. The molecule has 2 atom stereocenters. The van der Waals surface area contributed by atoms with Crippen molar-refractivity contribution < 1.29 is 9.90 Å². The summed E-state index contributed by atoms with van der Waals surface area (Å²) in [5.74, 6) is 0.660. The van der Waals surface area contributed by atoms with Crippen LogP contribution in [0.15, 0.2) is 34.2 Å². The first-order valence-corrected chi connectivity index (χ1v) is 9.10. The van der Waals surface area contributed by atoms with Crippen LogP contribution in [0.25, 0.3) is 10.8 Å². The Bertz CT molecular complexity index is 978. The SMILES string of the molecule is O=C(NN=C1[C@H]2CC3C[C@H]1CC(O)(C3)C2)c1n[nH]c(=O)c2ccccc12. The molecule has 2 aromatic rings. The Hall–Kier alpha value is -2.54. The number of aromatic nitrogens is 2. The molecule has 7 nitrogen and oxygen atoms in total. The average molecular weight is 352 g/mol. The molecule has 1 heterocycles. The summed E-state index contributed by atoms with van der Waals surface area (Å²) in [5, 5.41) is 22.3. The van der Waals surface area contributed by atoms with Crippen molar-refractivity contribution in [2.24, 2.45) is 22.9 Å². The van der Waals surface area contributed by atoms with Gasteiger partial charge in [-0.1, -0.05) is 18.2 Å². The molecular formula is C19H20N4O3. The van der Waals surface area contributed by atoms with Gasteiger partial charge >= 0.3 is 0 Å². The molecule has 0 spiro atoms. The smallest absolute Gasteiger partial charge is 0.292 e. The number of benzene rings is 1. The number of rotatable bonds is 2. The van der Waals surface area contributed by atoms with Crippen molar-refractivity contribution in [3.05, 3.63) is 40.3 Å². The van der Waals surface area contributed by atoms with E-state index >= 15 is 0 Å². The van der Waals surface area contributed by atoms with Crippen LogP contribution in [0.3, 0.4) is 0 Å². The van der Waals surface area contributed by atoms with Gasteiger partial charge in [0.1, 0.15) is 0 Å². The zero-order valence-corrected chi connectivity index (χ0v) is 14.2. The number of amides is 1. The first-order chi connectivity index (χ1) is 12.5. The third-order valence-corrected chi connectivity index (χ3v) is 6.19. The van der Waals surface area contributed by atoms with Crippen LogP contribution in [0.1, 0.15) is 42.6 Å². The molecule has 4 bridgehead atoms. The predicted molar refractivity (Wildman–Crippen MR) is 95.8 cm³/mol. The second kappa shape index (κ2) is 5.48.